The quantitative estimate of drug-likeness (QED) is 0.509. The lowest BCUT2D eigenvalue weighted by molar-refractivity contribution is -0.183. The number of phosphoric ester groups is 1. The van der Waals surface area contributed by atoms with E-state index >= 15 is 0 Å². The molecule has 0 spiro atoms. The molecule has 1 aliphatic rings. The first kappa shape index (κ1) is 17.0. The average Bonchev–Trinajstić information content (AvgIpc) is 2.57. The van der Waals surface area contributed by atoms with Crippen LogP contribution in [0.1, 0.15) is 19.6 Å². The third-order valence-corrected chi connectivity index (χ3v) is 3.49. The Balaban J connectivity index is 2.29. The van der Waals surface area contributed by atoms with Crippen LogP contribution in [-0.2, 0) is 13.8 Å². The lowest BCUT2D eigenvalue weighted by atomic mass is 9.99. The van der Waals surface area contributed by atoms with Crippen LogP contribution in [0.4, 0.5) is 4.39 Å². The van der Waals surface area contributed by atoms with Gasteiger partial charge in [-0.05, 0) is 6.92 Å². The summed E-state index contributed by atoms with van der Waals surface area (Å²) >= 11 is 0. The standard InChI is InChI=1S/C10H14FN2O8P/c1-9(16)4-10(11,5-20-22(17,18)19)21-7(9)13-3-2-6(14)12-8(13)15/h2-3,7,16H,4-5H2,1H3,(H,12,14,15)(H2,17,18,19)/t7?,9-,10+/m1/s1. The van der Waals surface area contributed by atoms with Gasteiger partial charge in [-0.2, -0.15) is 0 Å². The number of H-pyrrole nitrogens is 1. The van der Waals surface area contributed by atoms with Crippen molar-refractivity contribution in [1.82, 2.24) is 9.55 Å². The highest BCUT2D eigenvalue weighted by Crippen LogP contribution is 2.47. The molecule has 4 N–H and O–H groups in total. The van der Waals surface area contributed by atoms with E-state index in [0.717, 1.165) is 16.8 Å². The minimum atomic E-state index is -4.93. The highest BCUT2D eigenvalue weighted by molar-refractivity contribution is 7.46. The zero-order valence-corrected chi connectivity index (χ0v) is 12.2. The summed E-state index contributed by atoms with van der Waals surface area (Å²) in [5.74, 6) is -2.72. The maximum Gasteiger partial charge on any atom is 0.469 e. The second-order valence-electron chi connectivity index (χ2n) is 5.17. The molecule has 3 atom stereocenters. The van der Waals surface area contributed by atoms with Crippen molar-refractivity contribution in [2.75, 3.05) is 6.61 Å². The van der Waals surface area contributed by atoms with E-state index in [-0.39, 0.29) is 0 Å². The molecule has 0 radical (unpaired) electrons. The summed E-state index contributed by atoms with van der Waals surface area (Å²) in [5.41, 5.74) is -3.50. The molecule has 0 amide bonds. The average molecular weight is 340 g/mol. The van der Waals surface area contributed by atoms with Crippen molar-refractivity contribution in [1.29, 1.82) is 0 Å². The van der Waals surface area contributed by atoms with Gasteiger partial charge in [0.05, 0.1) is 0 Å². The molecule has 1 aliphatic heterocycles. The second-order valence-corrected chi connectivity index (χ2v) is 6.41. The maximum absolute atomic E-state index is 14.4. The number of aliphatic hydroxyl groups is 1. The monoisotopic (exact) mass is 340 g/mol. The zero-order chi connectivity index (χ0) is 16.8. The number of aromatic nitrogens is 2. The molecule has 0 bridgehead atoms. The van der Waals surface area contributed by atoms with Gasteiger partial charge in [0.15, 0.2) is 6.23 Å². The number of ether oxygens (including phenoxy) is 1. The van der Waals surface area contributed by atoms with Crippen LogP contribution < -0.4 is 11.2 Å². The largest absolute Gasteiger partial charge is 0.469 e. The fraction of sp³-hybridized carbons (Fsp3) is 0.600. The molecule has 1 aromatic rings. The van der Waals surface area contributed by atoms with Gasteiger partial charge in [-0.25, -0.2) is 13.8 Å². The van der Waals surface area contributed by atoms with Gasteiger partial charge in [0.2, 0.25) is 5.85 Å². The number of nitrogens with one attached hydrogen (secondary N) is 1. The fourth-order valence-electron chi connectivity index (χ4n) is 2.22. The molecule has 0 saturated carbocycles. The van der Waals surface area contributed by atoms with Crippen molar-refractivity contribution in [2.24, 2.45) is 0 Å². The SMILES string of the molecule is C[C@@]1(O)C[C@@](F)(COP(=O)(O)O)OC1n1ccc(=O)[nH]c1=O. The minimum Gasteiger partial charge on any atom is -0.385 e. The summed E-state index contributed by atoms with van der Waals surface area (Å²) in [6.45, 7) is 0.0378. The predicted molar refractivity (Wildman–Crippen MR) is 68.5 cm³/mol. The zero-order valence-electron chi connectivity index (χ0n) is 11.3. The van der Waals surface area contributed by atoms with E-state index in [4.69, 9.17) is 14.5 Å². The van der Waals surface area contributed by atoms with Gasteiger partial charge in [-0.1, -0.05) is 0 Å². The Morgan fingerprint density at radius 1 is 1.59 bits per heavy atom. The molecule has 124 valence electrons. The summed E-state index contributed by atoms with van der Waals surface area (Å²) in [4.78, 5) is 41.8. The topological polar surface area (TPSA) is 151 Å². The molecule has 10 nitrogen and oxygen atoms in total. The number of phosphoric acid groups is 1. The summed E-state index contributed by atoms with van der Waals surface area (Å²) in [6, 6.07) is 0.977. The summed E-state index contributed by atoms with van der Waals surface area (Å²) < 4.78 is 34.8. The predicted octanol–water partition coefficient (Wildman–Crippen LogP) is -1.02. The number of halogens is 1. The van der Waals surface area contributed by atoms with Crippen molar-refractivity contribution in [3.8, 4) is 0 Å². The highest BCUT2D eigenvalue weighted by atomic mass is 31.2. The van der Waals surface area contributed by atoms with E-state index in [9.17, 15) is 23.7 Å². The highest BCUT2D eigenvalue weighted by Gasteiger charge is 2.55. The molecule has 0 aromatic carbocycles. The Bertz CT molecular complexity index is 724. The Kier molecular flexibility index (Phi) is 4.15. The van der Waals surface area contributed by atoms with Crippen LogP contribution in [-0.4, -0.2) is 42.5 Å². The van der Waals surface area contributed by atoms with Crippen LogP contribution in [0.15, 0.2) is 21.9 Å². The number of aromatic amines is 1. The third kappa shape index (κ3) is 3.69. The molecule has 1 fully saturated rings. The Morgan fingerprint density at radius 2 is 2.23 bits per heavy atom. The summed E-state index contributed by atoms with van der Waals surface area (Å²) in [5, 5.41) is 10.2. The Hall–Kier alpha value is -1.36. The van der Waals surface area contributed by atoms with E-state index in [1.165, 1.54) is 6.92 Å². The van der Waals surface area contributed by atoms with Gasteiger partial charge in [-0.15, -0.1) is 0 Å². The lowest BCUT2D eigenvalue weighted by Gasteiger charge is -2.24. The molecule has 1 aromatic heterocycles. The van der Waals surface area contributed by atoms with E-state index in [1.807, 2.05) is 4.98 Å². The molecule has 2 rings (SSSR count). The van der Waals surface area contributed by atoms with Crippen LogP contribution in [0, 0.1) is 0 Å². The molecule has 1 unspecified atom stereocenters. The van der Waals surface area contributed by atoms with Crippen LogP contribution in [0.5, 0.6) is 0 Å². The normalized spacial score (nSPS) is 32.3. The smallest absolute Gasteiger partial charge is 0.385 e. The molecule has 0 aliphatic carbocycles. The van der Waals surface area contributed by atoms with E-state index < -0.39 is 49.8 Å². The Labute approximate surface area is 122 Å². The molecule has 2 heterocycles. The summed E-state index contributed by atoms with van der Waals surface area (Å²) in [7, 11) is -4.93. The second kappa shape index (κ2) is 5.37. The van der Waals surface area contributed by atoms with Gasteiger partial charge in [-0.3, -0.25) is 18.9 Å². The Morgan fingerprint density at radius 3 is 2.77 bits per heavy atom. The fourth-order valence-corrected chi connectivity index (χ4v) is 2.59. The third-order valence-electron chi connectivity index (χ3n) is 3.03. The van der Waals surface area contributed by atoms with E-state index in [0.29, 0.717) is 0 Å². The number of rotatable bonds is 4. The lowest BCUT2D eigenvalue weighted by Crippen LogP contribution is -2.40. The van der Waals surface area contributed by atoms with Gasteiger partial charge in [0.25, 0.3) is 5.56 Å². The van der Waals surface area contributed by atoms with Crippen molar-refractivity contribution < 1.29 is 33.1 Å². The summed E-state index contributed by atoms with van der Waals surface area (Å²) in [6.07, 6.45) is -1.20. The number of nitrogens with zero attached hydrogens (tertiary/aromatic N) is 1. The van der Waals surface area contributed by atoms with Gasteiger partial charge >= 0.3 is 13.5 Å². The molecule has 1 saturated heterocycles. The maximum atomic E-state index is 14.4. The van der Waals surface area contributed by atoms with Crippen LogP contribution in [0.2, 0.25) is 0 Å². The van der Waals surface area contributed by atoms with Crippen molar-refractivity contribution >= 4 is 7.82 Å². The van der Waals surface area contributed by atoms with Crippen LogP contribution >= 0.6 is 7.82 Å². The van der Waals surface area contributed by atoms with E-state index in [1.54, 1.807) is 0 Å². The van der Waals surface area contributed by atoms with Crippen molar-refractivity contribution in [3.05, 3.63) is 33.1 Å². The van der Waals surface area contributed by atoms with Crippen LogP contribution in [0.3, 0.4) is 0 Å². The van der Waals surface area contributed by atoms with E-state index in [2.05, 4.69) is 4.52 Å². The van der Waals surface area contributed by atoms with Gasteiger partial charge < -0.3 is 19.6 Å². The molecule has 22 heavy (non-hydrogen) atoms. The van der Waals surface area contributed by atoms with Gasteiger partial charge in [0, 0.05) is 18.7 Å². The number of alkyl halides is 1. The first-order valence-electron chi connectivity index (χ1n) is 6.03. The molecular weight excluding hydrogens is 326 g/mol. The number of hydrogen-bond acceptors (Lipinski definition) is 6. The van der Waals surface area contributed by atoms with Gasteiger partial charge in [0.1, 0.15) is 12.2 Å². The van der Waals surface area contributed by atoms with Crippen molar-refractivity contribution in [3.63, 3.8) is 0 Å². The first-order chi connectivity index (χ1) is 9.92. The van der Waals surface area contributed by atoms with Crippen molar-refractivity contribution in [2.45, 2.75) is 31.0 Å². The minimum absolute atomic E-state index is 0.685. The first-order valence-corrected chi connectivity index (χ1v) is 7.56. The molecular formula is C10H14FN2O8P. The number of hydrogen-bond donors (Lipinski definition) is 4. The van der Waals surface area contributed by atoms with Crippen LogP contribution in [0.25, 0.3) is 0 Å². The molecule has 12 heteroatoms.